The molecule has 0 aromatic carbocycles. The maximum absolute atomic E-state index is 12.3. The number of nitrogens with two attached hydrogens (primary N) is 1. The van der Waals surface area contributed by atoms with Crippen LogP contribution < -0.4 is 5.73 Å². The van der Waals surface area contributed by atoms with Crippen molar-refractivity contribution >= 4 is 17.7 Å². The first-order valence-corrected chi connectivity index (χ1v) is 8.13. The summed E-state index contributed by atoms with van der Waals surface area (Å²) in [5, 5.41) is 8.96. The van der Waals surface area contributed by atoms with Crippen molar-refractivity contribution in [2.45, 2.75) is 56.6 Å². The van der Waals surface area contributed by atoms with Crippen molar-refractivity contribution in [3.8, 4) is 0 Å². The van der Waals surface area contributed by atoms with E-state index in [1.54, 1.807) is 0 Å². The Morgan fingerprint density at radius 1 is 1.40 bits per heavy atom. The minimum Gasteiger partial charge on any atom is -0.342 e. The molecule has 1 aliphatic heterocycles. The van der Waals surface area contributed by atoms with Crippen LogP contribution in [0.4, 0.5) is 0 Å². The Balaban J connectivity index is 2.04. The predicted octanol–water partition coefficient (Wildman–Crippen LogP) is 1.25. The topological polar surface area (TPSA) is 77.0 Å². The number of aromatic nitrogens is 3. The number of rotatable bonds is 6. The number of carbonyl (C=O) groups is 1. The Hall–Kier alpha value is -1.08. The summed E-state index contributed by atoms with van der Waals surface area (Å²) in [4.78, 5) is 14.3. The lowest BCUT2D eigenvalue weighted by molar-refractivity contribution is -0.129. The van der Waals surface area contributed by atoms with Gasteiger partial charge >= 0.3 is 0 Å². The Morgan fingerprint density at radius 3 is 2.70 bits per heavy atom. The molecule has 20 heavy (non-hydrogen) atoms. The molecule has 1 atom stereocenters. The molecule has 6 nitrogen and oxygen atoms in total. The largest absolute Gasteiger partial charge is 0.342 e. The van der Waals surface area contributed by atoms with Gasteiger partial charge in [-0.1, -0.05) is 18.7 Å². The molecule has 112 valence electrons. The van der Waals surface area contributed by atoms with Crippen LogP contribution >= 0.6 is 11.8 Å². The highest BCUT2D eigenvalue weighted by atomic mass is 32.2. The predicted molar refractivity (Wildman–Crippen MR) is 79.3 cm³/mol. The SMILES string of the molecule is CCCn1c(CN)nnc1SC(C)C(=O)N1CCCC1. The van der Waals surface area contributed by atoms with Crippen LogP contribution in [-0.2, 0) is 17.9 Å². The second-order valence-corrected chi connectivity index (χ2v) is 6.35. The van der Waals surface area contributed by atoms with E-state index in [9.17, 15) is 4.79 Å². The first-order valence-electron chi connectivity index (χ1n) is 7.25. The molecule has 1 aromatic rings. The third-order valence-electron chi connectivity index (χ3n) is 3.47. The van der Waals surface area contributed by atoms with Gasteiger partial charge < -0.3 is 15.2 Å². The van der Waals surface area contributed by atoms with E-state index in [1.807, 2.05) is 16.4 Å². The van der Waals surface area contributed by atoms with Crippen LogP contribution in [0.1, 0.15) is 38.9 Å². The van der Waals surface area contributed by atoms with E-state index in [0.29, 0.717) is 6.54 Å². The molecule has 1 fully saturated rings. The van der Waals surface area contributed by atoms with Crippen LogP contribution in [0.25, 0.3) is 0 Å². The van der Waals surface area contributed by atoms with Gasteiger partial charge in [0, 0.05) is 19.6 Å². The van der Waals surface area contributed by atoms with Gasteiger partial charge in [-0.3, -0.25) is 4.79 Å². The lowest BCUT2D eigenvalue weighted by atomic mass is 10.4. The highest BCUT2D eigenvalue weighted by molar-refractivity contribution is 8.00. The number of nitrogens with zero attached hydrogens (tertiary/aromatic N) is 4. The number of thioether (sulfide) groups is 1. The first kappa shape index (κ1) is 15.3. The number of hydrogen-bond acceptors (Lipinski definition) is 5. The summed E-state index contributed by atoms with van der Waals surface area (Å²) in [6, 6.07) is 0. The molecule has 1 amide bonds. The van der Waals surface area contributed by atoms with Gasteiger partial charge in [0.05, 0.1) is 11.8 Å². The number of carbonyl (C=O) groups excluding carboxylic acids is 1. The first-order chi connectivity index (χ1) is 9.67. The Bertz CT molecular complexity index is 456. The van der Waals surface area contributed by atoms with Gasteiger partial charge in [0.15, 0.2) is 5.16 Å². The third-order valence-corrected chi connectivity index (χ3v) is 4.54. The van der Waals surface area contributed by atoms with Crippen molar-refractivity contribution in [2.24, 2.45) is 5.73 Å². The van der Waals surface area contributed by atoms with Crippen LogP contribution in [0.5, 0.6) is 0 Å². The average Bonchev–Trinajstić information content (AvgIpc) is 3.09. The van der Waals surface area contributed by atoms with Crippen molar-refractivity contribution in [3.05, 3.63) is 5.82 Å². The molecule has 0 spiro atoms. The van der Waals surface area contributed by atoms with Crippen molar-refractivity contribution in [3.63, 3.8) is 0 Å². The monoisotopic (exact) mass is 297 g/mol. The van der Waals surface area contributed by atoms with Gasteiger partial charge in [0.2, 0.25) is 5.91 Å². The molecule has 1 aromatic heterocycles. The van der Waals surface area contributed by atoms with Gasteiger partial charge in [-0.2, -0.15) is 0 Å². The third kappa shape index (κ3) is 3.32. The van der Waals surface area contributed by atoms with Gasteiger partial charge in [-0.05, 0) is 26.2 Å². The fourth-order valence-electron chi connectivity index (χ4n) is 2.41. The summed E-state index contributed by atoms with van der Waals surface area (Å²) in [6.45, 7) is 7.04. The van der Waals surface area contributed by atoms with Crippen molar-refractivity contribution in [1.29, 1.82) is 0 Å². The van der Waals surface area contributed by atoms with E-state index in [0.717, 1.165) is 49.9 Å². The van der Waals surface area contributed by atoms with Gasteiger partial charge in [0.1, 0.15) is 5.82 Å². The number of amides is 1. The summed E-state index contributed by atoms with van der Waals surface area (Å²) in [6.07, 6.45) is 3.23. The molecule has 2 heterocycles. The maximum Gasteiger partial charge on any atom is 0.235 e. The molecule has 0 aliphatic carbocycles. The summed E-state index contributed by atoms with van der Waals surface area (Å²) in [5.41, 5.74) is 5.68. The molecule has 1 aliphatic rings. The Labute approximate surface area is 124 Å². The van der Waals surface area contributed by atoms with E-state index in [1.165, 1.54) is 11.8 Å². The summed E-state index contributed by atoms with van der Waals surface area (Å²) < 4.78 is 2.03. The zero-order valence-electron chi connectivity index (χ0n) is 12.2. The van der Waals surface area contributed by atoms with E-state index in [-0.39, 0.29) is 11.2 Å². The summed E-state index contributed by atoms with van der Waals surface area (Å²) in [5.74, 6) is 0.989. The van der Waals surface area contributed by atoms with Crippen LogP contribution in [-0.4, -0.2) is 43.9 Å². The van der Waals surface area contributed by atoms with Crippen LogP contribution in [0, 0.1) is 0 Å². The normalized spacial score (nSPS) is 16.6. The Kier molecular flexibility index (Phi) is 5.42. The summed E-state index contributed by atoms with van der Waals surface area (Å²) in [7, 11) is 0. The highest BCUT2D eigenvalue weighted by Crippen LogP contribution is 2.25. The summed E-state index contributed by atoms with van der Waals surface area (Å²) >= 11 is 1.48. The van der Waals surface area contributed by atoms with Gasteiger partial charge in [-0.25, -0.2) is 0 Å². The van der Waals surface area contributed by atoms with Crippen molar-refractivity contribution in [1.82, 2.24) is 19.7 Å². The van der Waals surface area contributed by atoms with E-state index in [2.05, 4.69) is 17.1 Å². The zero-order chi connectivity index (χ0) is 14.5. The van der Waals surface area contributed by atoms with Crippen molar-refractivity contribution in [2.75, 3.05) is 13.1 Å². The average molecular weight is 297 g/mol. The zero-order valence-corrected chi connectivity index (χ0v) is 13.0. The van der Waals surface area contributed by atoms with Crippen LogP contribution in [0.2, 0.25) is 0 Å². The number of likely N-dealkylation sites (tertiary alicyclic amines) is 1. The second-order valence-electron chi connectivity index (χ2n) is 5.05. The molecule has 0 saturated carbocycles. The molecule has 2 rings (SSSR count). The van der Waals surface area contributed by atoms with Gasteiger partial charge in [-0.15, -0.1) is 10.2 Å². The van der Waals surface area contributed by atoms with E-state index < -0.39 is 0 Å². The standard InChI is InChI=1S/C13H23N5OS/c1-3-6-18-11(9-14)15-16-13(18)20-10(2)12(19)17-7-4-5-8-17/h10H,3-9,14H2,1-2H3. The van der Waals surface area contributed by atoms with E-state index in [4.69, 9.17) is 5.73 Å². The van der Waals surface area contributed by atoms with Crippen molar-refractivity contribution < 1.29 is 4.79 Å². The minimum absolute atomic E-state index is 0.126. The lowest BCUT2D eigenvalue weighted by Crippen LogP contribution is -2.34. The fourth-order valence-corrected chi connectivity index (χ4v) is 3.39. The minimum atomic E-state index is -0.126. The molecule has 1 saturated heterocycles. The smallest absolute Gasteiger partial charge is 0.235 e. The maximum atomic E-state index is 12.3. The molecule has 1 unspecified atom stereocenters. The van der Waals surface area contributed by atoms with Gasteiger partial charge in [0.25, 0.3) is 0 Å². The molecule has 0 bridgehead atoms. The highest BCUT2D eigenvalue weighted by Gasteiger charge is 2.25. The van der Waals surface area contributed by atoms with Crippen LogP contribution in [0.15, 0.2) is 5.16 Å². The quantitative estimate of drug-likeness (QED) is 0.800. The second kappa shape index (κ2) is 7.08. The number of hydrogen-bond donors (Lipinski definition) is 1. The Morgan fingerprint density at radius 2 is 2.10 bits per heavy atom. The molecule has 2 N–H and O–H groups in total. The lowest BCUT2D eigenvalue weighted by Gasteiger charge is -2.19. The van der Waals surface area contributed by atoms with Crippen LogP contribution in [0.3, 0.4) is 0 Å². The molecular formula is C13H23N5OS. The van der Waals surface area contributed by atoms with E-state index >= 15 is 0 Å². The molecular weight excluding hydrogens is 274 g/mol. The molecule has 7 heteroatoms. The molecule has 0 radical (unpaired) electrons. The fraction of sp³-hybridized carbons (Fsp3) is 0.769.